The zero-order chi connectivity index (χ0) is 14.5. The highest BCUT2D eigenvalue weighted by Gasteiger charge is 2.21. The SMILES string of the molecule is CCC1CN(CC(=O)c2ccc(OC)c(Cl)c2)CCO1. The quantitative estimate of drug-likeness (QED) is 0.783. The van der Waals surface area contributed by atoms with Gasteiger partial charge in [0.2, 0.25) is 0 Å². The van der Waals surface area contributed by atoms with E-state index in [1.807, 2.05) is 0 Å². The van der Waals surface area contributed by atoms with Gasteiger partial charge in [-0.2, -0.15) is 0 Å². The third-order valence-corrected chi connectivity index (χ3v) is 3.81. The molecule has 5 heteroatoms. The Hall–Kier alpha value is -1.10. The van der Waals surface area contributed by atoms with E-state index in [4.69, 9.17) is 21.1 Å². The minimum Gasteiger partial charge on any atom is -0.495 e. The second kappa shape index (κ2) is 7.07. The molecular weight excluding hydrogens is 278 g/mol. The van der Waals surface area contributed by atoms with Gasteiger partial charge in [0.15, 0.2) is 5.78 Å². The van der Waals surface area contributed by atoms with Gasteiger partial charge in [0, 0.05) is 18.7 Å². The zero-order valence-electron chi connectivity index (χ0n) is 11.9. The van der Waals surface area contributed by atoms with E-state index in [-0.39, 0.29) is 11.9 Å². The van der Waals surface area contributed by atoms with E-state index < -0.39 is 0 Å². The van der Waals surface area contributed by atoms with Crippen molar-refractivity contribution in [1.82, 2.24) is 4.90 Å². The smallest absolute Gasteiger partial charge is 0.176 e. The first kappa shape index (κ1) is 15.3. The molecule has 0 aromatic heterocycles. The average Bonchev–Trinajstić information content (AvgIpc) is 2.47. The molecule has 1 aliphatic rings. The van der Waals surface area contributed by atoms with Crippen molar-refractivity contribution in [1.29, 1.82) is 0 Å². The molecule has 1 aliphatic heterocycles. The lowest BCUT2D eigenvalue weighted by Crippen LogP contribution is -2.44. The summed E-state index contributed by atoms with van der Waals surface area (Å²) in [4.78, 5) is 14.4. The molecule has 1 fully saturated rings. The van der Waals surface area contributed by atoms with Gasteiger partial charge in [-0.15, -0.1) is 0 Å². The predicted molar refractivity (Wildman–Crippen MR) is 78.8 cm³/mol. The van der Waals surface area contributed by atoms with Gasteiger partial charge in [0.05, 0.1) is 31.4 Å². The van der Waals surface area contributed by atoms with Crippen LogP contribution in [0, 0.1) is 0 Å². The molecule has 0 aliphatic carbocycles. The van der Waals surface area contributed by atoms with Crippen LogP contribution in [0.2, 0.25) is 5.02 Å². The highest BCUT2D eigenvalue weighted by Crippen LogP contribution is 2.25. The van der Waals surface area contributed by atoms with Crippen molar-refractivity contribution >= 4 is 17.4 Å². The lowest BCUT2D eigenvalue weighted by Gasteiger charge is -2.31. The first-order chi connectivity index (χ1) is 9.63. The molecule has 0 N–H and O–H groups in total. The number of halogens is 1. The molecule has 0 spiro atoms. The van der Waals surface area contributed by atoms with E-state index in [2.05, 4.69) is 11.8 Å². The molecule has 2 rings (SSSR count). The van der Waals surface area contributed by atoms with Crippen LogP contribution < -0.4 is 4.74 Å². The lowest BCUT2D eigenvalue weighted by molar-refractivity contribution is -0.0271. The highest BCUT2D eigenvalue weighted by molar-refractivity contribution is 6.32. The fourth-order valence-corrected chi connectivity index (χ4v) is 2.56. The molecule has 0 amide bonds. The van der Waals surface area contributed by atoms with Crippen molar-refractivity contribution in [3.8, 4) is 5.75 Å². The van der Waals surface area contributed by atoms with Crippen molar-refractivity contribution in [2.45, 2.75) is 19.4 Å². The van der Waals surface area contributed by atoms with Crippen LogP contribution in [-0.4, -0.2) is 50.1 Å². The van der Waals surface area contributed by atoms with E-state index >= 15 is 0 Å². The summed E-state index contributed by atoms with van der Waals surface area (Å²) in [6.45, 7) is 4.80. The number of carbonyl (C=O) groups excluding carboxylic acids is 1. The van der Waals surface area contributed by atoms with Crippen LogP contribution in [-0.2, 0) is 4.74 Å². The second-order valence-corrected chi connectivity index (χ2v) is 5.32. The van der Waals surface area contributed by atoms with Crippen molar-refractivity contribution in [3.63, 3.8) is 0 Å². The van der Waals surface area contributed by atoms with Crippen molar-refractivity contribution < 1.29 is 14.3 Å². The monoisotopic (exact) mass is 297 g/mol. The molecule has 1 saturated heterocycles. The molecule has 0 bridgehead atoms. The third-order valence-electron chi connectivity index (χ3n) is 3.52. The first-order valence-electron chi connectivity index (χ1n) is 6.84. The topological polar surface area (TPSA) is 38.8 Å². The van der Waals surface area contributed by atoms with Crippen molar-refractivity contribution in [2.75, 3.05) is 33.4 Å². The molecule has 1 aromatic rings. The maximum absolute atomic E-state index is 12.3. The normalized spacial score (nSPS) is 19.9. The van der Waals surface area contributed by atoms with Gasteiger partial charge in [-0.3, -0.25) is 9.69 Å². The molecule has 1 heterocycles. The van der Waals surface area contributed by atoms with Gasteiger partial charge in [0.1, 0.15) is 5.75 Å². The highest BCUT2D eigenvalue weighted by atomic mass is 35.5. The Morgan fingerprint density at radius 3 is 3.00 bits per heavy atom. The van der Waals surface area contributed by atoms with Crippen molar-refractivity contribution in [3.05, 3.63) is 28.8 Å². The maximum atomic E-state index is 12.3. The van der Waals surface area contributed by atoms with Crippen LogP contribution in [0.15, 0.2) is 18.2 Å². The Bertz CT molecular complexity index is 478. The van der Waals surface area contributed by atoms with E-state index in [0.29, 0.717) is 29.5 Å². The van der Waals surface area contributed by atoms with Crippen LogP contribution in [0.3, 0.4) is 0 Å². The Kier molecular flexibility index (Phi) is 5.40. The zero-order valence-corrected chi connectivity index (χ0v) is 12.7. The lowest BCUT2D eigenvalue weighted by atomic mass is 10.1. The number of benzene rings is 1. The van der Waals surface area contributed by atoms with E-state index in [1.165, 1.54) is 0 Å². The molecule has 4 nitrogen and oxygen atoms in total. The van der Waals surface area contributed by atoms with Crippen LogP contribution in [0.25, 0.3) is 0 Å². The molecular formula is C15H20ClNO3. The van der Waals surface area contributed by atoms with Crippen LogP contribution in [0.5, 0.6) is 5.75 Å². The number of rotatable bonds is 5. The average molecular weight is 298 g/mol. The molecule has 110 valence electrons. The molecule has 1 unspecified atom stereocenters. The van der Waals surface area contributed by atoms with Gasteiger partial charge < -0.3 is 9.47 Å². The molecule has 0 radical (unpaired) electrons. The maximum Gasteiger partial charge on any atom is 0.176 e. The number of hydrogen-bond acceptors (Lipinski definition) is 4. The second-order valence-electron chi connectivity index (χ2n) is 4.91. The van der Waals surface area contributed by atoms with E-state index in [1.54, 1.807) is 25.3 Å². The van der Waals surface area contributed by atoms with Gasteiger partial charge in [-0.05, 0) is 24.6 Å². The minimum absolute atomic E-state index is 0.0753. The predicted octanol–water partition coefficient (Wildman–Crippen LogP) is 2.64. The first-order valence-corrected chi connectivity index (χ1v) is 7.22. The fourth-order valence-electron chi connectivity index (χ4n) is 2.31. The summed E-state index contributed by atoms with van der Waals surface area (Å²) in [6.07, 6.45) is 1.20. The number of ketones is 1. The van der Waals surface area contributed by atoms with Crippen molar-refractivity contribution in [2.24, 2.45) is 0 Å². The summed E-state index contributed by atoms with van der Waals surface area (Å²) in [5.41, 5.74) is 0.621. The number of methoxy groups -OCH3 is 1. The van der Waals surface area contributed by atoms with Crippen LogP contribution in [0.4, 0.5) is 0 Å². The molecule has 20 heavy (non-hydrogen) atoms. The number of hydrogen-bond donors (Lipinski definition) is 0. The Morgan fingerprint density at radius 2 is 2.35 bits per heavy atom. The molecule has 1 aromatic carbocycles. The Balaban J connectivity index is 1.99. The fraction of sp³-hybridized carbons (Fsp3) is 0.533. The van der Waals surface area contributed by atoms with Gasteiger partial charge >= 0.3 is 0 Å². The molecule has 1 atom stereocenters. The number of nitrogens with zero attached hydrogens (tertiary/aromatic N) is 1. The standard InChI is InChI=1S/C15H20ClNO3/c1-3-12-9-17(6-7-20-12)10-14(18)11-4-5-15(19-2)13(16)8-11/h4-5,8,12H,3,6-7,9-10H2,1-2H3. The van der Waals surface area contributed by atoms with Gasteiger partial charge in [-0.25, -0.2) is 0 Å². The van der Waals surface area contributed by atoms with Crippen LogP contribution >= 0.6 is 11.6 Å². The summed E-state index contributed by atoms with van der Waals surface area (Å²) in [5, 5.41) is 0.465. The summed E-state index contributed by atoms with van der Waals surface area (Å²) < 4.78 is 10.7. The molecule has 0 saturated carbocycles. The van der Waals surface area contributed by atoms with Gasteiger partial charge in [0.25, 0.3) is 0 Å². The summed E-state index contributed by atoms with van der Waals surface area (Å²) in [5.74, 6) is 0.659. The summed E-state index contributed by atoms with van der Waals surface area (Å²) >= 11 is 6.05. The number of carbonyl (C=O) groups is 1. The number of Topliss-reactive ketones (excluding diaryl/α,β-unsaturated/α-hetero) is 1. The van der Waals surface area contributed by atoms with E-state index in [0.717, 1.165) is 19.5 Å². The number of ether oxygens (including phenoxy) is 2. The Morgan fingerprint density at radius 1 is 1.55 bits per heavy atom. The van der Waals surface area contributed by atoms with E-state index in [9.17, 15) is 4.79 Å². The summed E-state index contributed by atoms with van der Waals surface area (Å²) in [6, 6.07) is 5.15. The van der Waals surface area contributed by atoms with Gasteiger partial charge in [-0.1, -0.05) is 18.5 Å². The third kappa shape index (κ3) is 3.72. The summed E-state index contributed by atoms with van der Waals surface area (Å²) in [7, 11) is 1.56. The largest absolute Gasteiger partial charge is 0.495 e. The minimum atomic E-state index is 0.0753. The number of morpholine rings is 1. The van der Waals surface area contributed by atoms with Crippen LogP contribution in [0.1, 0.15) is 23.7 Å². The Labute approximate surface area is 124 Å².